The maximum Gasteiger partial charge on any atom is 0.238 e. The number of anilines is 1. The first-order valence-corrected chi connectivity index (χ1v) is 10.7. The number of hydrogen-bond acceptors (Lipinski definition) is 6. The molecule has 3 rings (SSSR count). The number of nitrogens with one attached hydrogen (secondary N) is 2. The van der Waals surface area contributed by atoms with E-state index < -0.39 is 0 Å². The number of carbonyl (C=O) groups excluding carboxylic acids is 2. The Morgan fingerprint density at radius 1 is 1.19 bits per heavy atom. The van der Waals surface area contributed by atoms with Crippen LogP contribution >= 0.6 is 0 Å². The highest BCUT2D eigenvalue weighted by atomic mass is 16.5. The van der Waals surface area contributed by atoms with Crippen LogP contribution in [0.4, 0.5) is 5.69 Å². The first-order valence-electron chi connectivity index (χ1n) is 10.7. The van der Waals surface area contributed by atoms with Gasteiger partial charge in [-0.05, 0) is 44.4 Å². The summed E-state index contributed by atoms with van der Waals surface area (Å²) in [5.41, 5.74) is 1.55. The SMILES string of the molecule is CCOc1cccc2c1OCCCCCNC(=O)CN(CC(=O)Nc1ccncc1)C2. The van der Waals surface area contributed by atoms with Crippen molar-refractivity contribution in [2.24, 2.45) is 0 Å². The number of aromatic nitrogens is 1. The third-order valence-corrected chi connectivity index (χ3v) is 4.84. The number of hydrogen-bond donors (Lipinski definition) is 2. The van der Waals surface area contributed by atoms with Crippen molar-refractivity contribution in [2.75, 3.05) is 38.2 Å². The average molecular weight is 427 g/mol. The Balaban J connectivity index is 1.80. The smallest absolute Gasteiger partial charge is 0.238 e. The summed E-state index contributed by atoms with van der Waals surface area (Å²) in [6.45, 7) is 4.21. The summed E-state index contributed by atoms with van der Waals surface area (Å²) in [4.78, 5) is 30.9. The number of pyridine rings is 1. The van der Waals surface area contributed by atoms with Crippen molar-refractivity contribution >= 4 is 17.5 Å². The van der Waals surface area contributed by atoms with Crippen LogP contribution < -0.4 is 20.1 Å². The summed E-state index contributed by atoms with van der Waals surface area (Å²) < 4.78 is 11.9. The van der Waals surface area contributed by atoms with Crippen LogP contribution in [0.3, 0.4) is 0 Å². The Labute approximate surface area is 182 Å². The maximum absolute atomic E-state index is 12.6. The quantitative estimate of drug-likeness (QED) is 0.764. The highest BCUT2D eigenvalue weighted by molar-refractivity contribution is 5.92. The molecule has 8 heteroatoms. The zero-order valence-corrected chi connectivity index (χ0v) is 17.9. The molecule has 2 N–H and O–H groups in total. The lowest BCUT2D eigenvalue weighted by molar-refractivity contribution is -0.123. The van der Waals surface area contributed by atoms with E-state index in [0.717, 1.165) is 24.8 Å². The van der Waals surface area contributed by atoms with Gasteiger partial charge in [0.25, 0.3) is 0 Å². The van der Waals surface area contributed by atoms with Gasteiger partial charge in [-0.1, -0.05) is 12.1 Å². The molecule has 2 heterocycles. The van der Waals surface area contributed by atoms with Crippen molar-refractivity contribution in [1.29, 1.82) is 0 Å². The van der Waals surface area contributed by atoms with Gasteiger partial charge in [-0.3, -0.25) is 19.5 Å². The van der Waals surface area contributed by atoms with Crippen LogP contribution in [0.5, 0.6) is 11.5 Å². The lowest BCUT2D eigenvalue weighted by Crippen LogP contribution is -2.41. The van der Waals surface area contributed by atoms with Crippen LogP contribution in [0.2, 0.25) is 0 Å². The predicted octanol–water partition coefficient (Wildman–Crippen LogP) is 2.60. The predicted molar refractivity (Wildman–Crippen MR) is 118 cm³/mol. The average Bonchev–Trinajstić information content (AvgIpc) is 2.76. The molecule has 1 aliphatic rings. The maximum atomic E-state index is 12.6. The Kier molecular flexibility index (Phi) is 8.66. The van der Waals surface area contributed by atoms with Gasteiger partial charge in [-0.15, -0.1) is 0 Å². The molecule has 0 saturated carbocycles. The zero-order chi connectivity index (χ0) is 21.9. The van der Waals surface area contributed by atoms with E-state index in [9.17, 15) is 9.59 Å². The van der Waals surface area contributed by atoms with E-state index in [0.29, 0.717) is 43.5 Å². The molecular weight excluding hydrogens is 396 g/mol. The van der Waals surface area contributed by atoms with E-state index in [1.807, 2.05) is 30.0 Å². The van der Waals surface area contributed by atoms with E-state index >= 15 is 0 Å². The van der Waals surface area contributed by atoms with Crippen molar-refractivity contribution in [1.82, 2.24) is 15.2 Å². The summed E-state index contributed by atoms with van der Waals surface area (Å²) in [5.74, 6) is 1.06. The summed E-state index contributed by atoms with van der Waals surface area (Å²) in [7, 11) is 0. The standard InChI is InChI=1S/C23H30N4O4/c1-2-30-20-8-6-7-18-15-27(17-22(29)26-19-9-12-24-13-10-19)16-21(28)25-11-4-3-5-14-31-23(18)20/h6-10,12-13H,2-5,11,14-17H2,1H3,(H,25,28)(H,24,26,29). The number of rotatable bonds is 5. The van der Waals surface area contributed by atoms with Gasteiger partial charge >= 0.3 is 0 Å². The first kappa shape index (κ1) is 22.6. The molecule has 1 aromatic carbocycles. The van der Waals surface area contributed by atoms with Gasteiger partial charge in [0.05, 0.1) is 26.3 Å². The van der Waals surface area contributed by atoms with Crippen LogP contribution in [0.25, 0.3) is 0 Å². The van der Waals surface area contributed by atoms with Gasteiger partial charge in [-0.25, -0.2) is 0 Å². The second kappa shape index (κ2) is 11.9. The van der Waals surface area contributed by atoms with E-state index in [2.05, 4.69) is 15.6 Å². The molecule has 2 amide bonds. The molecule has 0 fully saturated rings. The van der Waals surface area contributed by atoms with Crippen LogP contribution in [0, 0.1) is 0 Å². The summed E-state index contributed by atoms with van der Waals surface area (Å²) in [6.07, 6.45) is 5.98. The fourth-order valence-electron chi connectivity index (χ4n) is 3.43. The number of carbonyl (C=O) groups is 2. The van der Waals surface area contributed by atoms with E-state index in [1.165, 1.54) is 0 Å². The lowest BCUT2D eigenvalue weighted by atomic mass is 10.1. The number of para-hydroxylation sites is 1. The van der Waals surface area contributed by atoms with Crippen LogP contribution in [-0.4, -0.2) is 54.5 Å². The van der Waals surface area contributed by atoms with Crippen molar-refractivity contribution in [3.63, 3.8) is 0 Å². The molecule has 0 aliphatic carbocycles. The van der Waals surface area contributed by atoms with E-state index in [-0.39, 0.29) is 24.9 Å². The number of nitrogens with zero attached hydrogens (tertiary/aromatic N) is 2. The Bertz CT molecular complexity index is 860. The lowest BCUT2D eigenvalue weighted by Gasteiger charge is -2.23. The fraction of sp³-hybridized carbons (Fsp3) is 0.435. The topological polar surface area (TPSA) is 92.8 Å². The molecule has 166 valence electrons. The van der Waals surface area contributed by atoms with Crippen LogP contribution in [-0.2, 0) is 16.1 Å². The Morgan fingerprint density at radius 2 is 2.03 bits per heavy atom. The molecule has 2 aromatic rings. The summed E-state index contributed by atoms with van der Waals surface area (Å²) in [5, 5.41) is 5.79. The zero-order valence-electron chi connectivity index (χ0n) is 17.9. The summed E-state index contributed by atoms with van der Waals surface area (Å²) >= 11 is 0. The van der Waals surface area contributed by atoms with Crippen molar-refractivity contribution in [3.05, 3.63) is 48.3 Å². The molecule has 0 bridgehead atoms. The fourth-order valence-corrected chi connectivity index (χ4v) is 3.43. The van der Waals surface area contributed by atoms with Gasteiger partial charge in [0.15, 0.2) is 11.5 Å². The highest BCUT2D eigenvalue weighted by Crippen LogP contribution is 2.32. The summed E-state index contributed by atoms with van der Waals surface area (Å²) in [6, 6.07) is 9.18. The minimum absolute atomic E-state index is 0.0635. The van der Waals surface area contributed by atoms with Crippen molar-refractivity contribution in [3.8, 4) is 11.5 Å². The van der Waals surface area contributed by atoms with E-state index in [4.69, 9.17) is 9.47 Å². The molecule has 1 aromatic heterocycles. The largest absolute Gasteiger partial charge is 0.490 e. The second-order valence-corrected chi connectivity index (χ2v) is 7.37. The molecule has 1 aliphatic heterocycles. The third kappa shape index (κ3) is 7.25. The molecule has 0 atom stereocenters. The Morgan fingerprint density at radius 3 is 2.84 bits per heavy atom. The van der Waals surface area contributed by atoms with Gasteiger partial charge in [0.2, 0.25) is 11.8 Å². The first-order chi connectivity index (χ1) is 15.2. The normalized spacial score (nSPS) is 15.8. The molecule has 0 radical (unpaired) electrons. The number of ether oxygens (including phenoxy) is 2. The van der Waals surface area contributed by atoms with Crippen molar-refractivity contribution in [2.45, 2.75) is 32.7 Å². The van der Waals surface area contributed by atoms with Gasteiger partial charge in [0.1, 0.15) is 0 Å². The number of fused-ring (bicyclic) bond motifs is 1. The number of benzene rings is 1. The second-order valence-electron chi connectivity index (χ2n) is 7.37. The van der Waals surface area contributed by atoms with Crippen LogP contribution in [0.1, 0.15) is 31.7 Å². The molecular formula is C23H30N4O4. The molecule has 0 unspecified atom stereocenters. The van der Waals surface area contributed by atoms with Gasteiger partial charge in [-0.2, -0.15) is 0 Å². The minimum Gasteiger partial charge on any atom is -0.490 e. The molecule has 0 saturated heterocycles. The van der Waals surface area contributed by atoms with Crippen molar-refractivity contribution < 1.29 is 19.1 Å². The minimum atomic E-state index is -0.202. The van der Waals surface area contributed by atoms with Gasteiger partial charge < -0.3 is 20.1 Å². The van der Waals surface area contributed by atoms with Gasteiger partial charge in [0, 0.05) is 36.7 Å². The number of amides is 2. The molecule has 31 heavy (non-hydrogen) atoms. The molecule has 0 spiro atoms. The highest BCUT2D eigenvalue weighted by Gasteiger charge is 2.20. The third-order valence-electron chi connectivity index (χ3n) is 4.84. The van der Waals surface area contributed by atoms with Crippen LogP contribution in [0.15, 0.2) is 42.7 Å². The Hall–Kier alpha value is -3.13. The monoisotopic (exact) mass is 426 g/mol. The van der Waals surface area contributed by atoms with E-state index in [1.54, 1.807) is 24.5 Å². The molecule has 8 nitrogen and oxygen atoms in total.